The number of nitrogens with zero attached hydrogens (tertiary/aromatic N) is 1. The van der Waals surface area contributed by atoms with E-state index in [0.29, 0.717) is 11.8 Å². The van der Waals surface area contributed by atoms with Gasteiger partial charge in [0.25, 0.3) is 5.91 Å². The summed E-state index contributed by atoms with van der Waals surface area (Å²) in [5, 5.41) is 0. The van der Waals surface area contributed by atoms with E-state index in [1.54, 1.807) is 0 Å². The minimum Gasteiger partial charge on any atom is -0.336 e. The fourth-order valence-electron chi connectivity index (χ4n) is 5.24. The number of hydrogen-bond acceptors (Lipinski definition) is 1. The number of carbonyl (C=O) groups is 1. The molecule has 4 fully saturated rings. The fraction of sp³-hybridized carbons (Fsp3) is 0.526. The third-order valence-corrected chi connectivity index (χ3v) is 6.24. The molecule has 4 aliphatic carbocycles. The molecule has 1 aromatic carbocycles. The van der Waals surface area contributed by atoms with Crippen LogP contribution >= 0.6 is 0 Å². The number of hydrogen-bond donors (Lipinski definition) is 0. The molecular weight excluding hydrogens is 258 g/mol. The highest BCUT2D eigenvalue weighted by Crippen LogP contribution is 2.59. The Morgan fingerprint density at radius 3 is 2.38 bits per heavy atom. The van der Waals surface area contributed by atoms with Crippen molar-refractivity contribution in [1.29, 1.82) is 0 Å². The van der Waals surface area contributed by atoms with Crippen LogP contribution in [0, 0.1) is 17.8 Å². The molecule has 0 radical (unpaired) electrons. The quantitative estimate of drug-likeness (QED) is 0.753. The standard InChI is InChI=1S/C19H23NO/c1-13-16-8-14-9-17(13)12-19(10-14,11-16)20(2)18(21)15-6-4-3-5-7-15/h3-7,14,16-17H,1,8-12H2,2H3/t14?,16-,17+,19?. The van der Waals surface area contributed by atoms with E-state index in [-0.39, 0.29) is 11.4 Å². The van der Waals surface area contributed by atoms with E-state index >= 15 is 0 Å². The number of allylic oxidation sites excluding steroid dienone is 1. The third kappa shape index (κ3) is 1.88. The summed E-state index contributed by atoms with van der Waals surface area (Å²) in [5.74, 6) is 2.30. The molecule has 4 aliphatic rings. The highest BCUT2D eigenvalue weighted by Gasteiger charge is 2.55. The smallest absolute Gasteiger partial charge is 0.254 e. The molecule has 2 unspecified atom stereocenters. The lowest BCUT2D eigenvalue weighted by atomic mass is 9.51. The summed E-state index contributed by atoms with van der Waals surface area (Å²) >= 11 is 0. The molecule has 21 heavy (non-hydrogen) atoms. The van der Waals surface area contributed by atoms with Gasteiger partial charge in [-0.05, 0) is 62.0 Å². The van der Waals surface area contributed by atoms with Gasteiger partial charge in [0.1, 0.15) is 0 Å². The van der Waals surface area contributed by atoms with Crippen molar-refractivity contribution in [2.24, 2.45) is 17.8 Å². The average molecular weight is 281 g/mol. The number of amides is 1. The zero-order valence-corrected chi connectivity index (χ0v) is 12.7. The summed E-state index contributed by atoms with van der Waals surface area (Å²) in [5.41, 5.74) is 2.38. The molecule has 4 saturated carbocycles. The van der Waals surface area contributed by atoms with Crippen molar-refractivity contribution in [3.63, 3.8) is 0 Å². The van der Waals surface area contributed by atoms with Gasteiger partial charge in [-0.3, -0.25) is 4.79 Å². The van der Waals surface area contributed by atoms with Crippen LogP contribution in [0.15, 0.2) is 42.5 Å². The predicted octanol–water partition coefficient (Wildman–Crippen LogP) is 3.89. The van der Waals surface area contributed by atoms with E-state index < -0.39 is 0 Å². The Hall–Kier alpha value is -1.57. The Labute approximate surface area is 126 Å². The normalized spacial score (nSPS) is 36.8. The molecule has 0 aromatic heterocycles. The van der Waals surface area contributed by atoms with Gasteiger partial charge in [0.2, 0.25) is 0 Å². The van der Waals surface area contributed by atoms with Crippen LogP contribution in [0.25, 0.3) is 0 Å². The van der Waals surface area contributed by atoms with Crippen molar-refractivity contribution < 1.29 is 4.79 Å². The van der Waals surface area contributed by atoms with E-state index in [1.807, 2.05) is 37.4 Å². The van der Waals surface area contributed by atoms with E-state index in [4.69, 9.17) is 0 Å². The van der Waals surface area contributed by atoms with Gasteiger partial charge in [-0.15, -0.1) is 0 Å². The van der Waals surface area contributed by atoms with Crippen molar-refractivity contribution in [2.45, 2.75) is 37.6 Å². The SMILES string of the molecule is C=C1[C@@H]2CC3C[C@H]1CC(N(C)C(=O)c1ccccc1)(C3)C2. The number of rotatable bonds is 2. The largest absolute Gasteiger partial charge is 0.336 e. The van der Waals surface area contributed by atoms with Crippen LogP contribution in [-0.2, 0) is 0 Å². The molecule has 0 spiro atoms. The first-order valence-electron chi connectivity index (χ1n) is 8.11. The predicted molar refractivity (Wildman–Crippen MR) is 84.0 cm³/mol. The van der Waals surface area contributed by atoms with Crippen LogP contribution in [0.3, 0.4) is 0 Å². The zero-order chi connectivity index (χ0) is 14.6. The molecule has 2 heteroatoms. The molecule has 4 atom stereocenters. The van der Waals surface area contributed by atoms with Crippen molar-refractivity contribution in [2.75, 3.05) is 7.05 Å². The summed E-state index contributed by atoms with van der Waals surface area (Å²) in [7, 11) is 2.02. The Balaban J connectivity index is 1.64. The van der Waals surface area contributed by atoms with Crippen LogP contribution < -0.4 is 0 Å². The molecule has 0 N–H and O–H groups in total. The Kier molecular flexibility index (Phi) is 2.79. The Morgan fingerprint density at radius 2 is 1.76 bits per heavy atom. The second-order valence-corrected chi connectivity index (χ2v) is 7.37. The molecule has 4 bridgehead atoms. The van der Waals surface area contributed by atoms with E-state index in [0.717, 1.165) is 24.3 Å². The number of carbonyl (C=O) groups excluding carboxylic acids is 1. The van der Waals surface area contributed by atoms with Gasteiger partial charge in [-0.1, -0.05) is 30.4 Å². The van der Waals surface area contributed by atoms with Crippen molar-refractivity contribution in [3.8, 4) is 0 Å². The van der Waals surface area contributed by atoms with Gasteiger partial charge < -0.3 is 4.90 Å². The van der Waals surface area contributed by atoms with Crippen molar-refractivity contribution in [1.82, 2.24) is 4.90 Å². The summed E-state index contributed by atoms with van der Waals surface area (Å²) in [6, 6.07) is 9.72. The summed E-state index contributed by atoms with van der Waals surface area (Å²) in [4.78, 5) is 14.9. The van der Waals surface area contributed by atoms with Gasteiger partial charge in [0.15, 0.2) is 0 Å². The highest BCUT2D eigenvalue weighted by atomic mass is 16.2. The lowest BCUT2D eigenvalue weighted by Gasteiger charge is -2.60. The Morgan fingerprint density at radius 1 is 1.14 bits per heavy atom. The van der Waals surface area contributed by atoms with Crippen LogP contribution in [-0.4, -0.2) is 23.4 Å². The second kappa shape index (κ2) is 4.46. The molecule has 2 nitrogen and oxygen atoms in total. The lowest BCUT2D eigenvalue weighted by Crippen LogP contribution is -2.60. The monoisotopic (exact) mass is 281 g/mol. The molecule has 0 saturated heterocycles. The zero-order valence-electron chi connectivity index (χ0n) is 12.7. The van der Waals surface area contributed by atoms with Gasteiger partial charge in [0, 0.05) is 18.2 Å². The molecule has 110 valence electrons. The molecule has 0 heterocycles. The molecule has 5 rings (SSSR count). The fourth-order valence-corrected chi connectivity index (χ4v) is 5.24. The van der Waals surface area contributed by atoms with Gasteiger partial charge >= 0.3 is 0 Å². The minimum absolute atomic E-state index is 0.0879. The van der Waals surface area contributed by atoms with Crippen molar-refractivity contribution >= 4 is 5.91 Å². The molecule has 1 amide bonds. The van der Waals surface area contributed by atoms with Crippen molar-refractivity contribution in [3.05, 3.63) is 48.0 Å². The maximum atomic E-state index is 12.8. The third-order valence-electron chi connectivity index (χ3n) is 6.24. The summed E-state index contributed by atoms with van der Waals surface area (Å²) in [6.45, 7) is 4.34. The Bertz CT molecular complexity index is 573. The summed E-state index contributed by atoms with van der Waals surface area (Å²) in [6.07, 6.45) is 6.08. The van der Waals surface area contributed by atoms with E-state index in [9.17, 15) is 4.79 Å². The topological polar surface area (TPSA) is 20.3 Å². The van der Waals surface area contributed by atoms with Gasteiger partial charge in [0.05, 0.1) is 0 Å². The summed E-state index contributed by atoms with van der Waals surface area (Å²) < 4.78 is 0. The maximum Gasteiger partial charge on any atom is 0.254 e. The van der Waals surface area contributed by atoms with Crippen LogP contribution in [0.4, 0.5) is 0 Å². The maximum absolute atomic E-state index is 12.8. The lowest BCUT2D eigenvalue weighted by molar-refractivity contribution is -0.0377. The van der Waals surface area contributed by atoms with Crippen LogP contribution in [0.1, 0.15) is 42.5 Å². The molecule has 0 aliphatic heterocycles. The highest BCUT2D eigenvalue weighted by molar-refractivity contribution is 5.94. The molecular formula is C19H23NO. The first-order valence-corrected chi connectivity index (χ1v) is 8.11. The van der Waals surface area contributed by atoms with Crippen LogP contribution in [0.5, 0.6) is 0 Å². The molecule has 1 aromatic rings. The average Bonchev–Trinajstić information content (AvgIpc) is 2.51. The van der Waals surface area contributed by atoms with Crippen LogP contribution in [0.2, 0.25) is 0 Å². The van der Waals surface area contributed by atoms with Gasteiger partial charge in [-0.25, -0.2) is 0 Å². The number of benzene rings is 1. The minimum atomic E-state index is 0.0879. The first kappa shape index (κ1) is 13.1. The first-order chi connectivity index (χ1) is 10.1. The van der Waals surface area contributed by atoms with E-state index in [1.165, 1.54) is 24.8 Å². The van der Waals surface area contributed by atoms with E-state index in [2.05, 4.69) is 11.5 Å². The van der Waals surface area contributed by atoms with Gasteiger partial charge in [-0.2, -0.15) is 0 Å². The second-order valence-electron chi connectivity index (χ2n) is 7.37.